The Labute approximate surface area is 78.0 Å². The molecule has 1 aromatic carbocycles. The first-order chi connectivity index (χ1) is 6.33. The van der Waals surface area contributed by atoms with Crippen molar-refractivity contribution in [2.45, 2.75) is 19.8 Å². The molecule has 0 N–H and O–H groups in total. The topological polar surface area (TPSA) is 48.8 Å². The fraction of sp³-hybridized carbons (Fsp3) is 0.400. The average molecular weight is 175 g/mol. The van der Waals surface area contributed by atoms with Crippen LogP contribution in [0.25, 0.3) is 10.4 Å². The first-order valence-corrected chi connectivity index (χ1v) is 4.39. The molecule has 0 saturated carbocycles. The highest BCUT2D eigenvalue weighted by atomic mass is 15.1. The van der Waals surface area contributed by atoms with Gasteiger partial charge in [-0.3, -0.25) is 0 Å². The van der Waals surface area contributed by atoms with Gasteiger partial charge in [-0.15, -0.1) is 0 Å². The molecule has 1 aromatic rings. The summed E-state index contributed by atoms with van der Waals surface area (Å²) >= 11 is 0. The van der Waals surface area contributed by atoms with Crippen molar-refractivity contribution >= 4 is 0 Å². The maximum absolute atomic E-state index is 8.06. The number of nitrogens with zero attached hydrogens (tertiary/aromatic N) is 3. The van der Waals surface area contributed by atoms with Crippen molar-refractivity contribution in [3.63, 3.8) is 0 Å². The van der Waals surface area contributed by atoms with Crippen LogP contribution < -0.4 is 0 Å². The second-order valence-electron chi connectivity index (χ2n) is 3.04. The minimum Gasteiger partial charge on any atom is -0.0940 e. The smallest absolute Gasteiger partial charge is 0.0261 e. The average Bonchev–Trinajstić information content (AvgIpc) is 2.15. The number of hydrogen-bond acceptors (Lipinski definition) is 1. The van der Waals surface area contributed by atoms with Gasteiger partial charge in [-0.1, -0.05) is 34.9 Å². The Bertz CT molecular complexity index is 296. The van der Waals surface area contributed by atoms with E-state index in [1.165, 1.54) is 11.1 Å². The first-order valence-electron chi connectivity index (χ1n) is 4.39. The summed E-state index contributed by atoms with van der Waals surface area (Å²) in [5.74, 6) is 0. The SMILES string of the molecule is Cc1ccc(CCCN=[N+]=[N-])cc1. The number of rotatable bonds is 4. The van der Waals surface area contributed by atoms with Crippen LogP contribution in [-0.2, 0) is 6.42 Å². The lowest BCUT2D eigenvalue weighted by Crippen LogP contribution is -1.87. The van der Waals surface area contributed by atoms with Crippen molar-refractivity contribution in [1.82, 2.24) is 0 Å². The van der Waals surface area contributed by atoms with Crippen molar-refractivity contribution in [3.05, 3.63) is 45.8 Å². The summed E-state index contributed by atoms with van der Waals surface area (Å²) in [6, 6.07) is 8.43. The molecule has 1 rings (SSSR count). The van der Waals surface area contributed by atoms with Crippen LogP contribution in [-0.4, -0.2) is 6.54 Å². The molecule has 0 heterocycles. The van der Waals surface area contributed by atoms with Gasteiger partial charge in [-0.05, 0) is 30.9 Å². The molecule has 0 fully saturated rings. The molecule has 0 aliphatic rings. The number of hydrogen-bond donors (Lipinski definition) is 0. The quantitative estimate of drug-likeness (QED) is 0.292. The molecule has 0 bridgehead atoms. The van der Waals surface area contributed by atoms with Gasteiger partial charge in [-0.25, -0.2) is 0 Å². The van der Waals surface area contributed by atoms with Gasteiger partial charge in [0.1, 0.15) is 0 Å². The van der Waals surface area contributed by atoms with Crippen LogP contribution in [0.4, 0.5) is 0 Å². The molecule has 0 radical (unpaired) electrons. The van der Waals surface area contributed by atoms with E-state index in [0.29, 0.717) is 6.54 Å². The van der Waals surface area contributed by atoms with Crippen LogP contribution in [0, 0.1) is 6.92 Å². The van der Waals surface area contributed by atoms with E-state index >= 15 is 0 Å². The van der Waals surface area contributed by atoms with Crippen molar-refractivity contribution in [3.8, 4) is 0 Å². The minimum atomic E-state index is 0.588. The van der Waals surface area contributed by atoms with Crippen LogP contribution in [0.15, 0.2) is 29.4 Å². The molecule has 0 unspecified atom stereocenters. The van der Waals surface area contributed by atoms with Crippen molar-refractivity contribution < 1.29 is 0 Å². The Balaban J connectivity index is 2.37. The minimum absolute atomic E-state index is 0.588. The van der Waals surface area contributed by atoms with E-state index in [2.05, 4.69) is 41.2 Å². The molecule has 0 aromatic heterocycles. The van der Waals surface area contributed by atoms with Crippen molar-refractivity contribution in [2.75, 3.05) is 6.54 Å². The third kappa shape index (κ3) is 3.63. The third-order valence-electron chi connectivity index (χ3n) is 1.91. The van der Waals surface area contributed by atoms with E-state index in [1.807, 2.05) is 0 Å². The van der Waals surface area contributed by atoms with Crippen LogP contribution >= 0.6 is 0 Å². The highest BCUT2D eigenvalue weighted by Gasteiger charge is 1.91. The number of aryl methyl sites for hydroxylation is 2. The molecule has 13 heavy (non-hydrogen) atoms. The van der Waals surface area contributed by atoms with E-state index in [9.17, 15) is 0 Å². The van der Waals surface area contributed by atoms with Crippen molar-refractivity contribution in [2.24, 2.45) is 5.11 Å². The molecule has 0 amide bonds. The van der Waals surface area contributed by atoms with Crippen LogP contribution in [0.5, 0.6) is 0 Å². The number of benzene rings is 1. The number of azide groups is 1. The Morgan fingerprint density at radius 2 is 2.00 bits per heavy atom. The van der Waals surface area contributed by atoms with Crippen molar-refractivity contribution in [1.29, 1.82) is 0 Å². The fourth-order valence-corrected chi connectivity index (χ4v) is 1.15. The predicted molar refractivity (Wildman–Crippen MR) is 53.5 cm³/mol. The largest absolute Gasteiger partial charge is 0.0940 e. The van der Waals surface area contributed by atoms with E-state index in [0.717, 1.165) is 12.8 Å². The van der Waals surface area contributed by atoms with Crippen LogP contribution in [0.1, 0.15) is 17.5 Å². The molecule has 3 nitrogen and oxygen atoms in total. The summed E-state index contributed by atoms with van der Waals surface area (Å²) in [5, 5.41) is 3.48. The zero-order chi connectivity index (χ0) is 9.52. The summed E-state index contributed by atoms with van der Waals surface area (Å²) in [6.45, 7) is 2.66. The second kappa shape index (κ2) is 5.22. The Kier molecular flexibility index (Phi) is 3.86. The monoisotopic (exact) mass is 175 g/mol. The summed E-state index contributed by atoms with van der Waals surface area (Å²) < 4.78 is 0. The maximum atomic E-state index is 8.06. The molecule has 0 atom stereocenters. The molecule has 68 valence electrons. The third-order valence-corrected chi connectivity index (χ3v) is 1.91. The van der Waals surface area contributed by atoms with E-state index in [4.69, 9.17) is 5.53 Å². The highest BCUT2D eigenvalue weighted by Crippen LogP contribution is 2.05. The molecule has 3 heteroatoms. The lowest BCUT2D eigenvalue weighted by atomic mass is 10.1. The molecule has 0 spiro atoms. The van der Waals surface area contributed by atoms with Gasteiger partial charge in [0.25, 0.3) is 0 Å². The normalized spacial score (nSPS) is 9.31. The summed E-state index contributed by atoms with van der Waals surface area (Å²) in [7, 11) is 0. The highest BCUT2D eigenvalue weighted by molar-refractivity contribution is 5.21. The van der Waals surface area contributed by atoms with Gasteiger partial charge < -0.3 is 0 Å². The zero-order valence-corrected chi connectivity index (χ0v) is 7.77. The zero-order valence-electron chi connectivity index (χ0n) is 7.77. The molecule has 0 aliphatic heterocycles. The van der Waals surface area contributed by atoms with Gasteiger partial charge in [0.2, 0.25) is 0 Å². The molecular formula is C10H13N3. The van der Waals surface area contributed by atoms with Gasteiger partial charge in [0, 0.05) is 11.5 Å². The van der Waals surface area contributed by atoms with Crippen LogP contribution in [0.3, 0.4) is 0 Å². The summed E-state index contributed by atoms with van der Waals surface area (Å²) in [4.78, 5) is 2.71. The summed E-state index contributed by atoms with van der Waals surface area (Å²) in [5.41, 5.74) is 10.6. The van der Waals surface area contributed by atoms with Gasteiger partial charge in [-0.2, -0.15) is 0 Å². The standard InChI is InChI=1S/C10H13N3/c1-9-4-6-10(7-5-9)3-2-8-12-13-11/h4-7H,2-3,8H2,1H3. The Morgan fingerprint density at radius 3 is 2.62 bits per heavy atom. The first kappa shape index (κ1) is 9.62. The molecular weight excluding hydrogens is 162 g/mol. The van der Waals surface area contributed by atoms with Gasteiger partial charge in [0.05, 0.1) is 0 Å². The molecule has 0 aliphatic carbocycles. The Morgan fingerprint density at radius 1 is 1.31 bits per heavy atom. The van der Waals surface area contributed by atoms with E-state index < -0.39 is 0 Å². The summed E-state index contributed by atoms with van der Waals surface area (Å²) in [6.07, 6.45) is 1.91. The fourth-order valence-electron chi connectivity index (χ4n) is 1.15. The molecule has 0 saturated heterocycles. The van der Waals surface area contributed by atoms with Gasteiger partial charge >= 0.3 is 0 Å². The van der Waals surface area contributed by atoms with E-state index in [-0.39, 0.29) is 0 Å². The second-order valence-corrected chi connectivity index (χ2v) is 3.04. The lowest BCUT2D eigenvalue weighted by Gasteiger charge is -1.99. The van der Waals surface area contributed by atoms with E-state index in [1.54, 1.807) is 0 Å². The lowest BCUT2D eigenvalue weighted by molar-refractivity contribution is 0.827. The van der Waals surface area contributed by atoms with Gasteiger partial charge in [0.15, 0.2) is 0 Å². The van der Waals surface area contributed by atoms with Crippen LogP contribution in [0.2, 0.25) is 0 Å². The predicted octanol–water partition coefficient (Wildman–Crippen LogP) is 3.24. The Hall–Kier alpha value is -1.47. The maximum Gasteiger partial charge on any atom is 0.0261 e.